The first kappa shape index (κ1) is 33.4. The van der Waals surface area contributed by atoms with Crippen molar-refractivity contribution in [3.05, 3.63) is 102 Å². The zero-order valence-electron chi connectivity index (χ0n) is 26.5. The van der Waals surface area contributed by atoms with E-state index < -0.39 is 0 Å². The molecule has 0 unspecified atom stereocenters. The third-order valence-corrected chi connectivity index (χ3v) is 8.50. The summed E-state index contributed by atoms with van der Waals surface area (Å²) in [6, 6.07) is 0. The monoisotopic (exact) mass is 644 g/mol. The molecule has 9 heteroatoms. The molecule has 0 N–H and O–H groups in total. The van der Waals surface area contributed by atoms with Crippen LogP contribution in [0, 0.1) is 27.7 Å². The van der Waals surface area contributed by atoms with Crippen LogP contribution < -0.4 is 41.3 Å². The summed E-state index contributed by atoms with van der Waals surface area (Å²) in [7, 11) is 2.78. The van der Waals surface area contributed by atoms with E-state index in [9.17, 15) is 9.59 Å². The van der Waals surface area contributed by atoms with Gasteiger partial charge in [-0.15, -0.1) is 44.2 Å². The Kier molecular flexibility index (Phi) is 10.2. The smallest absolute Gasteiger partial charge is 0.657 e. The maximum Gasteiger partial charge on any atom is 4.00 e. The fraction of sp³-hybridized carbons (Fsp3) is 0.278. The number of nitrogens with zero attached hydrogens (tertiary/aromatic N) is 4. The Balaban J connectivity index is 0.00000461. The zero-order valence-corrected chi connectivity index (χ0v) is 27.6. The van der Waals surface area contributed by atoms with Crippen LogP contribution in [0.25, 0.3) is 36.5 Å². The van der Waals surface area contributed by atoms with Crippen LogP contribution in [0.3, 0.4) is 0 Å². The van der Waals surface area contributed by atoms with E-state index in [2.05, 4.69) is 13.2 Å². The number of carbonyl (C=O) groups excluding carboxylic acids is 2. The predicted molar refractivity (Wildman–Crippen MR) is 172 cm³/mol. The maximum atomic E-state index is 12.1. The second kappa shape index (κ2) is 13.7. The van der Waals surface area contributed by atoms with Crippen molar-refractivity contribution in [3.8, 4) is 0 Å². The van der Waals surface area contributed by atoms with Gasteiger partial charge in [0.05, 0.1) is 14.2 Å². The Morgan fingerprint density at radius 1 is 0.600 bits per heavy atom. The van der Waals surface area contributed by atoms with E-state index in [4.69, 9.17) is 29.4 Å². The molecule has 1 aliphatic rings. The van der Waals surface area contributed by atoms with Crippen LogP contribution in [0.4, 0.5) is 0 Å². The van der Waals surface area contributed by atoms with Crippen molar-refractivity contribution in [2.24, 2.45) is 0 Å². The number of hydrogen-bond acceptors (Lipinski definition) is 4. The van der Waals surface area contributed by atoms with Gasteiger partial charge < -0.3 is 29.4 Å². The van der Waals surface area contributed by atoms with Gasteiger partial charge in [-0.25, -0.2) is 0 Å². The third kappa shape index (κ3) is 6.37. The van der Waals surface area contributed by atoms with Crippen LogP contribution in [0.2, 0.25) is 0 Å². The van der Waals surface area contributed by atoms with Gasteiger partial charge in [0.1, 0.15) is 0 Å². The Morgan fingerprint density at radius 3 is 1.71 bits per heavy atom. The van der Waals surface area contributed by atoms with Crippen LogP contribution >= 0.6 is 0 Å². The molecule has 4 aromatic heterocycles. The largest absolute Gasteiger partial charge is 4.00 e. The minimum atomic E-state index is -0.295. The third-order valence-electron chi connectivity index (χ3n) is 8.50. The first-order chi connectivity index (χ1) is 21.1. The van der Waals surface area contributed by atoms with E-state index in [1.54, 1.807) is 0 Å². The Labute approximate surface area is 273 Å². The van der Waals surface area contributed by atoms with E-state index in [-0.39, 0.29) is 41.8 Å². The molecule has 0 radical (unpaired) electrons. The second-order valence-corrected chi connectivity index (χ2v) is 11.0. The van der Waals surface area contributed by atoms with E-state index in [1.165, 1.54) is 14.2 Å². The first-order valence-corrected chi connectivity index (χ1v) is 14.5. The molecule has 232 valence electrons. The molecule has 1 aliphatic heterocycles. The molecule has 0 amide bonds. The molecule has 45 heavy (non-hydrogen) atoms. The van der Waals surface area contributed by atoms with Crippen molar-refractivity contribution in [2.45, 2.75) is 53.4 Å². The fourth-order valence-corrected chi connectivity index (χ4v) is 5.81. The Hall–Kier alpha value is -4.46. The average molecular weight is 645 g/mol. The summed E-state index contributed by atoms with van der Waals surface area (Å²) >= 11 is 0. The standard InChI is InChI=1S/C36H36N4O4.Fe/c1-9-23-19(3)27-15-28-21(5)25(11-13-35(41)43-7)33(39-28)18-34-26(12-14-36(42)44-8)22(6)30(40-34)17-32-24(10-2)20(4)29(38-32)16-31(23)37-27;/h9-10,15-18H,1-2,11-14H2,3-8H3;/q-4;+4/b27-15-,28-15?,29-16?,30-17?,31-16-,32-17?,33-18?,34-18-;. The number of rotatable bonds is 8. The molecule has 8 nitrogen and oxygen atoms in total. The van der Waals surface area contributed by atoms with Gasteiger partial charge in [0.25, 0.3) is 0 Å². The van der Waals surface area contributed by atoms with Crippen LogP contribution in [0.15, 0.2) is 13.2 Å². The van der Waals surface area contributed by atoms with Crippen molar-refractivity contribution in [2.75, 3.05) is 14.2 Å². The van der Waals surface area contributed by atoms with Crippen molar-refractivity contribution in [1.82, 2.24) is 19.9 Å². The Morgan fingerprint density at radius 2 is 1.09 bits per heavy atom. The predicted octanol–water partition coefficient (Wildman–Crippen LogP) is 1.87. The van der Waals surface area contributed by atoms with Crippen molar-refractivity contribution in [3.63, 3.8) is 0 Å². The Bertz CT molecular complexity index is 2070. The van der Waals surface area contributed by atoms with Crippen molar-refractivity contribution >= 4 is 48.4 Å². The molecule has 0 saturated heterocycles. The molecular weight excluding hydrogens is 608 g/mol. The van der Waals surface area contributed by atoms with E-state index in [1.807, 2.05) is 64.2 Å². The zero-order chi connectivity index (χ0) is 31.7. The summed E-state index contributed by atoms with van der Waals surface area (Å²) in [5, 5.41) is 3.02. The topological polar surface area (TPSA) is 109 Å². The van der Waals surface area contributed by atoms with Gasteiger partial charge in [0, 0.05) is 12.8 Å². The molecule has 4 aromatic rings. The SMILES string of the molecule is C=Cc1c2[n-]c(c1C)/C=c1\[n-]/c(c(C)c1C=C)=C\c1[n-]c(c(CCC(=O)OC)c1C)/C=c1\[n-]c(c(C)c1CCC(=O)OC)=C2.[Fe+4]. The van der Waals surface area contributed by atoms with E-state index >= 15 is 0 Å². The van der Waals surface area contributed by atoms with Gasteiger partial charge in [-0.05, 0) is 51.7 Å². The number of hydrogen-bond donors (Lipinski definition) is 0. The van der Waals surface area contributed by atoms with Crippen LogP contribution in [0.5, 0.6) is 0 Å². The molecule has 5 heterocycles. The first-order valence-electron chi connectivity index (χ1n) is 14.5. The van der Waals surface area contributed by atoms with Gasteiger partial charge in [0.15, 0.2) is 0 Å². The molecule has 5 rings (SSSR count). The van der Waals surface area contributed by atoms with Gasteiger partial charge in [0.2, 0.25) is 0 Å². The number of esters is 2. The minimum absolute atomic E-state index is 0. The minimum Gasteiger partial charge on any atom is -0.657 e. The number of fused-ring (bicyclic) bond motifs is 8. The summed E-state index contributed by atoms with van der Waals surface area (Å²) in [5.74, 6) is -0.589. The molecule has 0 fully saturated rings. The number of carbonyl (C=O) groups is 2. The van der Waals surface area contributed by atoms with Crippen LogP contribution in [-0.2, 0) is 49.0 Å². The van der Waals surface area contributed by atoms with Crippen molar-refractivity contribution < 1.29 is 36.1 Å². The summed E-state index contributed by atoms with van der Waals surface area (Å²) in [6.45, 7) is 16.2. The average Bonchev–Trinajstić information content (AvgIpc) is 3.67. The number of ether oxygens (including phenoxy) is 2. The quantitative estimate of drug-likeness (QED) is 0.186. The molecule has 0 spiro atoms. The normalized spacial score (nSPS) is 14.0. The summed E-state index contributed by atoms with van der Waals surface area (Å²) in [6.07, 6.45) is 12.8. The maximum absolute atomic E-state index is 12.1. The number of aromatic nitrogens is 4. The summed E-state index contributed by atoms with van der Waals surface area (Å²) in [5.41, 5.74) is 10.6. The molecule has 0 saturated carbocycles. The summed E-state index contributed by atoms with van der Waals surface area (Å²) in [4.78, 5) is 44.3. The van der Waals surface area contributed by atoms with E-state index in [0.29, 0.717) is 23.9 Å². The molecular formula is C36H36FeN4O4. The molecule has 0 aliphatic carbocycles. The van der Waals surface area contributed by atoms with Gasteiger partial charge in [-0.2, -0.15) is 0 Å². The summed E-state index contributed by atoms with van der Waals surface area (Å²) < 4.78 is 9.86. The number of methoxy groups -OCH3 is 2. The van der Waals surface area contributed by atoms with Crippen molar-refractivity contribution in [1.29, 1.82) is 0 Å². The van der Waals surface area contributed by atoms with Gasteiger partial charge in [-0.1, -0.05) is 83.0 Å². The van der Waals surface area contributed by atoms with Gasteiger partial charge in [-0.3, -0.25) is 9.59 Å². The second-order valence-electron chi connectivity index (χ2n) is 11.0. The molecule has 0 atom stereocenters. The fourth-order valence-electron chi connectivity index (χ4n) is 5.81. The molecule has 8 bridgehead atoms. The van der Waals surface area contributed by atoms with Crippen LogP contribution in [0.1, 0.15) is 80.1 Å². The van der Waals surface area contributed by atoms with Crippen LogP contribution in [-0.4, -0.2) is 26.2 Å². The van der Waals surface area contributed by atoms with E-state index in [0.717, 1.165) is 77.6 Å². The van der Waals surface area contributed by atoms with Gasteiger partial charge >= 0.3 is 29.0 Å². The molecule has 0 aromatic carbocycles.